The second-order valence-corrected chi connectivity index (χ2v) is 5.50. The minimum atomic E-state index is -0.00463. The molecule has 5 heteroatoms. The number of nitrogens with one attached hydrogen (secondary N) is 1. The van der Waals surface area contributed by atoms with Crippen molar-refractivity contribution in [2.24, 2.45) is 0 Å². The van der Waals surface area contributed by atoms with Crippen molar-refractivity contribution in [2.45, 2.75) is 37.3 Å². The molecule has 0 aromatic carbocycles. The minimum Gasteiger partial charge on any atom is -0.381 e. The molecular formula is C13H24N2O3. The van der Waals surface area contributed by atoms with Gasteiger partial charge in [0.2, 0.25) is 5.91 Å². The van der Waals surface area contributed by atoms with Gasteiger partial charge in [-0.1, -0.05) is 0 Å². The molecule has 0 saturated carbocycles. The maximum Gasteiger partial charge on any atom is 0.236 e. The van der Waals surface area contributed by atoms with Gasteiger partial charge < -0.3 is 19.7 Å². The Bertz CT molecular complexity index is 282. The maximum absolute atomic E-state index is 11.6. The van der Waals surface area contributed by atoms with E-state index in [9.17, 15) is 4.79 Å². The molecule has 18 heavy (non-hydrogen) atoms. The number of likely N-dealkylation sites (N-methyl/N-ethyl adjacent to an activating group) is 1. The van der Waals surface area contributed by atoms with Crippen molar-refractivity contribution in [3.05, 3.63) is 0 Å². The summed E-state index contributed by atoms with van der Waals surface area (Å²) in [6.07, 6.45) is 3.94. The molecule has 1 unspecified atom stereocenters. The zero-order valence-corrected chi connectivity index (χ0v) is 11.4. The van der Waals surface area contributed by atoms with Crippen LogP contribution in [0.2, 0.25) is 0 Å². The van der Waals surface area contributed by atoms with Crippen LogP contribution in [0.3, 0.4) is 0 Å². The maximum atomic E-state index is 11.6. The van der Waals surface area contributed by atoms with Crippen LogP contribution < -0.4 is 5.32 Å². The Kier molecular flexibility index (Phi) is 4.59. The van der Waals surface area contributed by atoms with E-state index >= 15 is 0 Å². The lowest BCUT2D eigenvalue weighted by Crippen LogP contribution is -2.51. The number of carbonyl (C=O) groups is 1. The molecule has 0 radical (unpaired) electrons. The van der Waals surface area contributed by atoms with Crippen LogP contribution in [-0.2, 0) is 14.3 Å². The molecule has 1 spiro atoms. The van der Waals surface area contributed by atoms with Gasteiger partial charge in [0, 0.05) is 40.0 Å². The molecule has 2 heterocycles. The normalized spacial score (nSPS) is 27.1. The van der Waals surface area contributed by atoms with E-state index in [1.807, 2.05) is 0 Å². The van der Waals surface area contributed by atoms with E-state index < -0.39 is 0 Å². The second-order valence-electron chi connectivity index (χ2n) is 5.50. The van der Waals surface area contributed by atoms with Crippen molar-refractivity contribution < 1.29 is 14.3 Å². The predicted molar refractivity (Wildman–Crippen MR) is 68.5 cm³/mol. The third-order valence-electron chi connectivity index (χ3n) is 3.94. The third-order valence-corrected chi connectivity index (χ3v) is 3.94. The van der Waals surface area contributed by atoms with Gasteiger partial charge >= 0.3 is 0 Å². The van der Waals surface area contributed by atoms with Crippen molar-refractivity contribution in [3.63, 3.8) is 0 Å². The summed E-state index contributed by atoms with van der Waals surface area (Å²) in [5.41, 5.74) is -0.00463. The van der Waals surface area contributed by atoms with Gasteiger partial charge in [0.15, 0.2) is 0 Å². The largest absolute Gasteiger partial charge is 0.381 e. The molecule has 0 aromatic heterocycles. The number of ether oxygens (including phenoxy) is 2. The molecule has 2 saturated heterocycles. The van der Waals surface area contributed by atoms with E-state index in [1.165, 1.54) is 0 Å². The summed E-state index contributed by atoms with van der Waals surface area (Å²) in [5, 5.41) is 3.36. The molecule has 1 amide bonds. The third kappa shape index (κ3) is 3.43. The van der Waals surface area contributed by atoms with Crippen molar-refractivity contribution in [1.29, 1.82) is 0 Å². The standard InChI is InChI=1S/C13H24N2O3/c1-15(2)12(16)10-14-11-3-6-18-13(9-11)4-7-17-8-5-13/h11,14H,3-10H2,1-2H3. The molecule has 2 rings (SSSR count). The average Bonchev–Trinajstić information content (AvgIpc) is 2.37. The van der Waals surface area contributed by atoms with Gasteiger partial charge in [-0.2, -0.15) is 0 Å². The van der Waals surface area contributed by atoms with Crippen LogP contribution in [0.5, 0.6) is 0 Å². The number of hydrogen-bond acceptors (Lipinski definition) is 4. The van der Waals surface area contributed by atoms with Crippen LogP contribution in [0.4, 0.5) is 0 Å². The van der Waals surface area contributed by atoms with E-state index in [0.29, 0.717) is 12.6 Å². The summed E-state index contributed by atoms with van der Waals surface area (Å²) in [7, 11) is 3.57. The topological polar surface area (TPSA) is 50.8 Å². The number of hydrogen-bond donors (Lipinski definition) is 1. The summed E-state index contributed by atoms with van der Waals surface area (Å²) < 4.78 is 11.4. The number of carbonyl (C=O) groups excluding carboxylic acids is 1. The fourth-order valence-electron chi connectivity index (χ4n) is 2.68. The molecule has 1 N–H and O–H groups in total. The molecule has 104 valence electrons. The first-order valence-electron chi connectivity index (χ1n) is 6.77. The Balaban J connectivity index is 1.81. The number of rotatable bonds is 3. The molecule has 0 bridgehead atoms. The highest BCUT2D eigenvalue weighted by Gasteiger charge is 2.38. The van der Waals surface area contributed by atoms with Gasteiger partial charge in [-0.05, 0) is 25.7 Å². The fraction of sp³-hybridized carbons (Fsp3) is 0.923. The first-order chi connectivity index (χ1) is 8.61. The van der Waals surface area contributed by atoms with Crippen LogP contribution >= 0.6 is 0 Å². The Morgan fingerprint density at radius 1 is 1.33 bits per heavy atom. The Hall–Kier alpha value is -0.650. The predicted octanol–water partition coefficient (Wildman–Crippen LogP) is 0.392. The lowest BCUT2D eigenvalue weighted by atomic mass is 9.84. The van der Waals surface area contributed by atoms with Crippen molar-refractivity contribution in [3.8, 4) is 0 Å². The molecular weight excluding hydrogens is 232 g/mol. The van der Waals surface area contributed by atoms with E-state index in [2.05, 4.69) is 5.32 Å². The molecule has 2 fully saturated rings. The SMILES string of the molecule is CN(C)C(=O)CNC1CCOC2(CCOCC2)C1. The van der Waals surface area contributed by atoms with Gasteiger partial charge in [0.1, 0.15) is 0 Å². The summed E-state index contributed by atoms with van der Waals surface area (Å²) >= 11 is 0. The molecule has 2 aliphatic rings. The molecule has 5 nitrogen and oxygen atoms in total. The summed E-state index contributed by atoms with van der Waals surface area (Å²) in [5.74, 6) is 0.127. The highest BCUT2D eigenvalue weighted by molar-refractivity contribution is 5.77. The van der Waals surface area contributed by atoms with Gasteiger partial charge in [0.25, 0.3) is 0 Å². The lowest BCUT2D eigenvalue weighted by molar-refractivity contribution is -0.142. The summed E-state index contributed by atoms with van der Waals surface area (Å²) in [4.78, 5) is 13.2. The highest BCUT2D eigenvalue weighted by atomic mass is 16.5. The van der Waals surface area contributed by atoms with E-state index in [-0.39, 0.29) is 11.5 Å². The lowest BCUT2D eigenvalue weighted by Gasteiger charge is -2.43. The van der Waals surface area contributed by atoms with E-state index in [4.69, 9.17) is 9.47 Å². The smallest absolute Gasteiger partial charge is 0.236 e. The zero-order chi connectivity index (χ0) is 13.0. The van der Waals surface area contributed by atoms with Crippen LogP contribution in [-0.4, -0.2) is 62.9 Å². The molecule has 0 aliphatic carbocycles. The first kappa shape index (κ1) is 13.8. The Labute approximate surface area is 109 Å². The van der Waals surface area contributed by atoms with Crippen molar-refractivity contribution >= 4 is 5.91 Å². The van der Waals surface area contributed by atoms with Crippen LogP contribution in [0, 0.1) is 0 Å². The van der Waals surface area contributed by atoms with Crippen LogP contribution in [0.1, 0.15) is 25.7 Å². The van der Waals surface area contributed by atoms with Crippen molar-refractivity contribution in [2.75, 3.05) is 40.5 Å². The number of nitrogens with zero attached hydrogens (tertiary/aromatic N) is 1. The molecule has 2 aliphatic heterocycles. The summed E-state index contributed by atoms with van der Waals surface area (Å²) in [6, 6.07) is 0.390. The summed E-state index contributed by atoms with van der Waals surface area (Å²) in [6.45, 7) is 2.80. The fourth-order valence-corrected chi connectivity index (χ4v) is 2.68. The highest BCUT2D eigenvalue weighted by Crippen LogP contribution is 2.34. The average molecular weight is 256 g/mol. The monoisotopic (exact) mass is 256 g/mol. The van der Waals surface area contributed by atoms with Gasteiger partial charge in [0.05, 0.1) is 12.1 Å². The van der Waals surface area contributed by atoms with Crippen molar-refractivity contribution in [1.82, 2.24) is 10.2 Å². The second kappa shape index (κ2) is 5.99. The first-order valence-corrected chi connectivity index (χ1v) is 6.77. The Morgan fingerprint density at radius 2 is 2.06 bits per heavy atom. The van der Waals surface area contributed by atoms with E-state index in [1.54, 1.807) is 19.0 Å². The van der Waals surface area contributed by atoms with Gasteiger partial charge in [-0.15, -0.1) is 0 Å². The molecule has 1 atom stereocenters. The van der Waals surface area contributed by atoms with Crippen LogP contribution in [0.25, 0.3) is 0 Å². The quantitative estimate of drug-likeness (QED) is 0.794. The number of amides is 1. The Morgan fingerprint density at radius 3 is 2.72 bits per heavy atom. The van der Waals surface area contributed by atoms with Gasteiger partial charge in [-0.25, -0.2) is 0 Å². The van der Waals surface area contributed by atoms with Crippen LogP contribution in [0.15, 0.2) is 0 Å². The van der Waals surface area contributed by atoms with Gasteiger partial charge in [-0.3, -0.25) is 4.79 Å². The zero-order valence-electron chi connectivity index (χ0n) is 11.4. The van der Waals surface area contributed by atoms with E-state index in [0.717, 1.165) is 45.5 Å². The molecule has 0 aromatic rings. The minimum absolute atomic E-state index is 0.00463.